The van der Waals surface area contributed by atoms with Crippen LogP contribution in [0.25, 0.3) is 11.0 Å². The highest BCUT2D eigenvalue weighted by atomic mass is 32.1. The van der Waals surface area contributed by atoms with Gasteiger partial charge < -0.3 is 25.6 Å². The van der Waals surface area contributed by atoms with Crippen LogP contribution in [-0.4, -0.2) is 52.2 Å². The molecule has 5 rings (SSSR count). The molecule has 1 saturated heterocycles. The van der Waals surface area contributed by atoms with Gasteiger partial charge in [-0.05, 0) is 50.3 Å². The SMILES string of the molecule is Cc1cccc2nc(NC(=O)c3cc(N)c(N4CCNC(=O)C4)s3)n(C3CCC(O)CC3)c12. The van der Waals surface area contributed by atoms with E-state index in [2.05, 4.69) is 15.2 Å². The molecule has 0 radical (unpaired) electrons. The standard InChI is InChI=1S/C23H28N6O3S/c1-13-3-2-4-17-20(13)29(14-5-7-15(30)8-6-14)23(26-17)27-21(32)18-11-16(24)22(33-18)28-10-9-25-19(31)12-28/h2-4,11,14-15,30H,5-10,12,24H2,1H3,(H,25,31)(H,26,27,32). The maximum absolute atomic E-state index is 13.2. The summed E-state index contributed by atoms with van der Waals surface area (Å²) in [4.78, 5) is 32.1. The van der Waals surface area contributed by atoms with Crippen LogP contribution in [0.3, 0.4) is 0 Å². The van der Waals surface area contributed by atoms with Crippen molar-refractivity contribution < 1.29 is 14.7 Å². The van der Waals surface area contributed by atoms with E-state index in [-0.39, 0.29) is 30.5 Å². The van der Waals surface area contributed by atoms with Gasteiger partial charge in [0.05, 0.1) is 34.2 Å². The van der Waals surface area contributed by atoms with Gasteiger partial charge in [0.25, 0.3) is 5.91 Å². The van der Waals surface area contributed by atoms with Gasteiger partial charge in [-0.3, -0.25) is 14.9 Å². The minimum absolute atomic E-state index is 0.0539. The first-order valence-corrected chi connectivity index (χ1v) is 12.1. The third kappa shape index (κ3) is 4.16. The van der Waals surface area contributed by atoms with Crippen molar-refractivity contribution >= 4 is 50.8 Å². The van der Waals surface area contributed by atoms with Crippen LogP contribution in [0, 0.1) is 6.92 Å². The van der Waals surface area contributed by atoms with E-state index in [1.165, 1.54) is 11.3 Å². The molecule has 1 aliphatic heterocycles. The molecule has 3 heterocycles. The highest BCUT2D eigenvalue weighted by Crippen LogP contribution is 2.37. The number of amides is 2. The molecule has 3 aromatic rings. The van der Waals surface area contributed by atoms with Crippen LogP contribution in [0.2, 0.25) is 0 Å². The molecule has 0 bridgehead atoms. The van der Waals surface area contributed by atoms with Crippen LogP contribution in [0.5, 0.6) is 0 Å². The first-order valence-electron chi connectivity index (χ1n) is 11.3. The Labute approximate surface area is 195 Å². The number of piperazine rings is 1. The van der Waals surface area contributed by atoms with Crippen molar-refractivity contribution in [2.24, 2.45) is 0 Å². The maximum atomic E-state index is 13.2. The molecular formula is C23H28N6O3S. The van der Waals surface area contributed by atoms with E-state index in [0.717, 1.165) is 47.3 Å². The van der Waals surface area contributed by atoms with Crippen molar-refractivity contribution in [2.45, 2.75) is 44.8 Å². The molecule has 174 valence electrons. The summed E-state index contributed by atoms with van der Waals surface area (Å²) in [5, 5.41) is 16.5. The average molecular weight is 469 g/mol. The second kappa shape index (κ2) is 8.68. The van der Waals surface area contributed by atoms with Crippen molar-refractivity contribution in [1.82, 2.24) is 14.9 Å². The average Bonchev–Trinajstić information content (AvgIpc) is 3.36. The van der Waals surface area contributed by atoms with E-state index in [1.54, 1.807) is 6.07 Å². The van der Waals surface area contributed by atoms with Gasteiger partial charge in [-0.15, -0.1) is 11.3 Å². The molecule has 2 amide bonds. The maximum Gasteiger partial charge on any atom is 0.268 e. The van der Waals surface area contributed by atoms with Crippen molar-refractivity contribution in [3.05, 3.63) is 34.7 Å². The van der Waals surface area contributed by atoms with Gasteiger partial charge in [-0.1, -0.05) is 12.1 Å². The normalized spacial score (nSPS) is 21.3. The number of nitrogens with two attached hydrogens (primary N) is 1. The second-order valence-corrected chi connectivity index (χ2v) is 9.84. The molecule has 2 fully saturated rings. The second-order valence-electron chi connectivity index (χ2n) is 8.81. The first-order chi connectivity index (χ1) is 15.9. The van der Waals surface area contributed by atoms with Crippen molar-refractivity contribution in [3.63, 3.8) is 0 Å². The zero-order valence-corrected chi connectivity index (χ0v) is 19.3. The minimum Gasteiger partial charge on any atom is -0.396 e. The molecule has 5 N–H and O–H groups in total. The molecule has 0 unspecified atom stereocenters. The number of nitrogens with zero attached hydrogens (tertiary/aromatic N) is 3. The summed E-state index contributed by atoms with van der Waals surface area (Å²) in [7, 11) is 0. The summed E-state index contributed by atoms with van der Waals surface area (Å²) < 4.78 is 2.13. The number of aromatic nitrogens is 2. The number of nitrogens with one attached hydrogen (secondary N) is 2. The van der Waals surface area contributed by atoms with Gasteiger partial charge in [-0.2, -0.15) is 0 Å². The number of carbonyl (C=O) groups is 2. The molecule has 1 aromatic carbocycles. The van der Waals surface area contributed by atoms with E-state index >= 15 is 0 Å². The molecule has 10 heteroatoms. The molecule has 0 spiro atoms. The molecule has 2 aliphatic rings. The Morgan fingerprint density at radius 1 is 1.30 bits per heavy atom. The molecule has 1 aliphatic carbocycles. The first kappa shape index (κ1) is 21.7. The fourth-order valence-corrected chi connectivity index (χ4v) is 5.81. The fraction of sp³-hybridized carbons (Fsp3) is 0.435. The molecule has 0 atom stereocenters. The van der Waals surface area contributed by atoms with Gasteiger partial charge in [-0.25, -0.2) is 4.98 Å². The topological polar surface area (TPSA) is 126 Å². The number of thiophene rings is 1. The lowest BCUT2D eigenvalue weighted by atomic mass is 9.92. The minimum atomic E-state index is -0.274. The lowest BCUT2D eigenvalue weighted by Gasteiger charge is -2.28. The smallest absolute Gasteiger partial charge is 0.268 e. The van der Waals surface area contributed by atoms with E-state index in [4.69, 9.17) is 10.7 Å². The molecule has 1 saturated carbocycles. The number of hydrogen-bond donors (Lipinski definition) is 4. The highest BCUT2D eigenvalue weighted by molar-refractivity contribution is 7.18. The number of nitrogen functional groups attached to an aromatic ring is 1. The summed E-state index contributed by atoms with van der Waals surface area (Å²) in [6.07, 6.45) is 2.86. The van der Waals surface area contributed by atoms with Gasteiger partial charge in [0.1, 0.15) is 5.00 Å². The fourth-order valence-electron chi connectivity index (χ4n) is 4.81. The number of anilines is 3. The number of carbonyl (C=O) groups excluding carboxylic acids is 2. The largest absolute Gasteiger partial charge is 0.396 e. The summed E-state index contributed by atoms with van der Waals surface area (Å²) in [6.45, 7) is 3.48. The van der Waals surface area contributed by atoms with Crippen LogP contribution in [0.1, 0.15) is 47.0 Å². The highest BCUT2D eigenvalue weighted by Gasteiger charge is 2.27. The van der Waals surface area contributed by atoms with Gasteiger partial charge in [0.15, 0.2) is 0 Å². The summed E-state index contributed by atoms with van der Waals surface area (Å²) in [5.41, 5.74) is 9.64. The number of benzene rings is 1. The third-order valence-corrected chi connectivity index (χ3v) is 7.67. The van der Waals surface area contributed by atoms with Crippen LogP contribution >= 0.6 is 11.3 Å². The van der Waals surface area contributed by atoms with Crippen molar-refractivity contribution in [2.75, 3.05) is 35.6 Å². The zero-order valence-electron chi connectivity index (χ0n) is 18.5. The number of aliphatic hydroxyl groups is 1. The predicted molar refractivity (Wildman–Crippen MR) is 130 cm³/mol. The summed E-state index contributed by atoms with van der Waals surface area (Å²) in [6, 6.07) is 7.79. The summed E-state index contributed by atoms with van der Waals surface area (Å²) >= 11 is 1.29. The Morgan fingerprint density at radius 2 is 2.09 bits per heavy atom. The van der Waals surface area contributed by atoms with E-state index < -0.39 is 0 Å². The predicted octanol–water partition coefficient (Wildman–Crippen LogP) is 2.65. The quantitative estimate of drug-likeness (QED) is 0.466. The molecule has 33 heavy (non-hydrogen) atoms. The van der Waals surface area contributed by atoms with Crippen LogP contribution < -0.4 is 21.3 Å². The number of aliphatic hydroxyl groups excluding tert-OH is 1. The number of aryl methyl sites for hydroxylation is 1. The monoisotopic (exact) mass is 468 g/mol. The van der Waals surface area contributed by atoms with Crippen LogP contribution in [0.4, 0.5) is 16.6 Å². The van der Waals surface area contributed by atoms with Crippen molar-refractivity contribution in [1.29, 1.82) is 0 Å². The van der Waals surface area contributed by atoms with Crippen LogP contribution in [-0.2, 0) is 4.79 Å². The lowest BCUT2D eigenvalue weighted by Crippen LogP contribution is -2.47. The Bertz CT molecular complexity index is 1210. The van der Waals surface area contributed by atoms with Gasteiger partial charge in [0, 0.05) is 19.1 Å². The van der Waals surface area contributed by atoms with Crippen molar-refractivity contribution in [3.8, 4) is 0 Å². The Hall–Kier alpha value is -3.11. The number of fused-ring (bicyclic) bond motifs is 1. The number of para-hydroxylation sites is 1. The molecular weight excluding hydrogens is 440 g/mol. The van der Waals surface area contributed by atoms with E-state index in [1.807, 2.05) is 30.0 Å². The number of rotatable bonds is 4. The van der Waals surface area contributed by atoms with E-state index in [0.29, 0.717) is 29.6 Å². The lowest BCUT2D eigenvalue weighted by molar-refractivity contribution is -0.120. The van der Waals surface area contributed by atoms with Gasteiger partial charge in [0.2, 0.25) is 11.9 Å². The van der Waals surface area contributed by atoms with E-state index in [9.17, 15) is 14.7 Å². The number of imidazole rings is 1. The van der Waals surface area contributed by atoms with Crippen LogP contribution in [0.15, 0.2) is 24.3 Å². The molecule has 2 aromatic heterocycles. The Kier molecular flexibility index (Phi) is 5.71. The zero-order chi connectivity index (χ0) is 23.1. The van der Waals surface area contributed by atoms with Gasteiger partial charge >= 0.3 is 0 Å². The third-order valence-electron chi connectivity index (χ3n) is 6.46. The summed E-state index contributed by atoms with van der Waals surface area (Å²) in [5.74, 6) is 0.183. The number of hydrogen-bond acceptors (Lipinski definition) is 7. The Balaban J connectivity index is 1.45. The molecule has 9 nitrogen and oxygen atoms in total. The Morgan fingerprint density at radius 3 is 2.85 bits per heavy atom.